The largest absolute Gasteiger partial charge is 0.543 e. The number of quaternary nitrogens is 1. The fraction of sp³-hybridized carbons (Fsp3) is 0.583. The molecule has 0 fully saturated rings. The van der Waals surface area contributed by atoms with Crippen LogP contribution in [-0.2, 0) is 14.4 Å². The molecule has 19 heavy (non-hydrogen) atoms. The van der Waals surface area contributed by atoms with Crippen LogP contribution in [0.4, 0.5) is 0 Å². The average Bonchev–Trinajstić information content (AvgIpc) is 2.23. The number of carbonyl (C=O) groups excluding carboxylic acids is 2. The predicted octanol–water partition coefficient (Wildman–Crippen LogP) is -1.28. The van der Waals surface area contributed by atoms with Crippen molar-refractivity contribution in [2.75, 3.05) is 21.1 Å². The quantitative estimate of drug-likeness (QED) is 0.355. The maximum atomic E-state index is 11.1. The van der Waals surface area contributed by atoms with Gasteiger partial charge >= 0.3 is 5.97 Å². The van der Waals surface area contributed by atoms with E-state index < -0.39 is 23.4 Å². The molecule has 0 aromatic heterocycles. The van der Waals surface area contributed by atoms with Gasteiger partial charge in [0.05, 0.1) is 21.1 Å². The van der Waals surface area contributed by atoms with E-state index in [0.717, 1.165) is 6.08 Å². The number of primary amides is 1. The summed E-state index contributed by atoms with van der Waals surface area (Å²) in [4.78, 5) is 31.5. The van der Waals surface area contributed by atoms with Crippen LogP contribution in [0.1, 0.15) is 19.8 Å². The van der Waals surface area contributed by atoms with E-state index in [1.54, 1.807) is 28.1 Å². The fourth-order valence-corrected chi connectivity index (χ4v) is 1.55. The van der Waals surface area contributed by atoms with Gasteiger partial charge in [0.15, 0.2) is 0 Å². The Kier molecular flexibility index (Phi) is 7.70. The van der Waals surface area contributed by atoms with Gasteiger partial charge in [-0.2, -0.15) is 0 Å². The van der Waals surface area contributed by atoms with Gasteiger partial charge in [0.2, 0.25) is 11.4 Å². The second-order valence-electron chi connectivity index (χ2n) is 4.82. The number of carbonyl (C=O) groups is 3. The number of carboxylic acids is 2. The fourth-order valence-electron chi connectivity index (χ4n) is 1.55. The molecule has 0 aromatic carbocycles. The first-order chi connectivity index (χ1) is 8.47. The molecular formula is C12H22N2O5. The zero-order valence-corrected chi connectivity index (χ0v) is 11.8. The Hall–Kier alpha value is -1.89. The topological polar surface area (TPSA) is 121 Å². The van der Waals surface area contributed by atoms with E-state index in [0.29, 0.717) is 6.42 Å². The molecule has 0 aliphatic heterocycles. The van der Waals surface area contributed by atoms with Crippen LogP contribution in [-0.4, -0.2) is 54.1 Å². The third-order valence-electron chi connectivity index (χ3n) is 2.65. The summed E-state index contributed by atoms with van der Waals surface area (Å²) < 4.78 is -0.182. The number of hydrogen-bond acceptors (Lipinski definition) is 4. The maximum absolute atomic E-state index is 11.1. The Labute approximate surface area is 112 Å². The van der Waals surface area contributed by atoms with E-state index in [9.17, 15) is 19.5 Å². The second-order valence-corrected chi connectivity index (χ2v) is 4.82. The minimum Gasteiger partial charge on any atom is -0.543 e. The van der Waals surface area contributed by atoms with Crippen LogP contribution < -0.4 is 10.8 Å². The van der Waals surface area contributed by atoms with Gasteiger partial charge in [0.1, 0.15) is 5.97 Å². The van der Waals surface area contributed by atoms with Gasteiger partial charge in [0, 0.05) is 6.42 Å². The van der Waals surface area contributed by atoms with E-state index in [4.69, 9.17) is 5.11 Å². The third-order valence-corrected chi connectivity index (χ3v) is 2.65. The first-order valence-electron chi connectivity index (χ1n) is 5.65. The Balaban J connectivity index is 0. The smallest absolute Gasteiger partial charge is 0.372 e. The van der Waals surface area contributed by atoms with E-state index in [-0.39, 0.29) is 10.9 Å². The van der Waals surface area contributed by atoms with Crippen LogP contribution in [0.2, 0.25) is 0 Å². The molecule has 1 amide bonds. The molecule has 0 radical (unpaired) electrons. The highest BCUT2D eigenvalue weighted by molar-refractivity contribution is 6.00. The minimum atomic E-state index is -1.85. The van der Waals surface area contributed by atoms with Crippen molar-refractivity contribution in [1.29, 1.82) is 0 Å². The standard InChI is InChI=1S/C9H17NO4.C3H5NO/c1-5-6-9(7(11)12,8(13)14)10(2,3)4;1-2-3(4)5/h5-6H2,1-4H3,(H-,11,12,13,14);2H,1H2,(H2,4,5). The summed E-state index contributed by atoms with van der Waals surface area (Å²) in [6.45, 7) is 4.83. The van der Waals surface area contributed by atoms with Crippen molar-refractivity contribution in [3.8, 4) is 0 Å². The molecule has 0 bridgehead atoms. The van der Waals surface area contributed by atoms with Crippen LogP contribution >= 0.6 is 0 Å². The molecule has 0 aliphatic carbocycles. The van der Waals surface area contributed by atoms with Crippen molar-refractivity contribution < 1.29 is 29.1 Å². The highest BCUT2D eigenvalue weighted by atomic mass is 16.4. The summed E-state index contributed by atoms with van der Waals surface area (Å²) in [5.74, 6) is -3.35. The van der Waals surface area contributed by atoms with Gasteiger partial charge in [-0.3, -0.25) is 4.79 Å². The van der Waals surface area contributed by atoms with Crippen LogP contribution in [0.15, 0.2) is 12.7 Å². The van der Waals surface area contributed by atoms with Gasteiger partial charge < -0.3 is 25.2 Å². The zero-order valence-electron chi connectivity index (χ0n) is 11.8. The number of amides is 1. The summed E-state index contributed by atoms with van der Waals surface area (Å²) in [6, 6.07) is 0. The molecule has 1 atom stereocenters. The lowest BCUT2D eigenvalue weighted by atomic mass is 9.90. The number of likely N-dealkylation sites (N-methyl/N-ethyl adjacent to an activating group) is 1. The summed E-state index contributed by atoms with van der Waals surface area (Å²) in [6.07, 6.45) is 1.60. The number of hydrogen-bond donors (Lipinski definition) is 2. The highest BCUT2D eigenvalue weighted by Gasteiger charge is 2.51. The van der Waals surface area contributed by atoms with Crippen LogP contribution in [0, 0.1) is 0 Å². The lowest BCUT2D eigenvalue weighted by molar-refractivity contribution is -0.907. The van der Waals surface area contributed by atoms with E-state index in [1.807, 2.05) is 0 Å². The van der Waals surface area contributed by atoms with Crippen LogP contribution in [0.5, 0.6) is 0 Å². The first-order valence-corrected chi connectivity index (χ1v) is 5.65. The Morgan fingerprint density at radius 2 is 1.74 bits per heavy atom. The Bertz CT molecular complexity index is 344. The molecule has 7 heteroatoms. The molecule has 1 unspecified atom stereocenters. The van der Waals surface area contributed by atoms with Crippen molar-refractivity contribution in [2.45, 2.75) is 25.3 Å². The van der Waals surface area contributed by atoms with Crippen molar-refractivity contribution >= 4 is 17.8 Å². The molecule has 0 saturated heterocycles. The average molecular weight is 274 g/mol. The van der Waals surface area contributed by atoms with Crippen molar-refractivity contribution in [3.63, 3.8) is 0 Å². The van der Waals surface area contributed by atoms with E-state index >= 15 is 0 Å². The molecule has 3 N–H and O–H groups in total. The monoisotopic (exact) mass is 274 g/mol. The molecular weight excluding hydrogens is 252 g/mol. The van der Waals surface area contributed by atoms with Crippen LogP contribution in [0.25, 0.3) is 0 Å². The lowest BCUT2D eigenvalue weighted by Gasteiger charge is -2.43. The molecule has 0 spiro atoms. The summed E-state index contributed by atoms with van der Waals surface area (Å²) >= 11 is 0. The van der Waals surface area contributed by atoms with Gasteiger partial charge in [0.25, 0.3) is 0 Å². The number of carboxylic acid groups (broad SMARTS) is 2. The van der Waals surface area contributed by atoms with E-state index in [2.05, 4.69) is 12.3 Å². The molecule has 0 heterocycles. The van der Waals surface area contributed by atoms with Crippen LogP contribution in [0.3, 0.4) is 0 Å². The number of rotatable bonds is 6. The first kappa shape index (κ1) is 19.4. The lowest BCUT2D eigenvalue weighted by Crippen LogP contribution is -2.70. The SMILES string of the molecule is C=CC(N)=O.CCCC(C(=O)[O-])(C(=O)O)[N+](C)(C)C. The number of nitrogens with two attached hydrogens (primary N) is 1. The maximum Gasteiger partial charge on any atom is 0.372 e. The van der Waals surface area contributed by atoms with Crippen molar-refractivity contribution in [3.05, 3.63) is 12.7 Å². The molecule has 7 nitrogen and oxygen atoms in total. The van der Waals surface area contributed by atoms with Gasteiger partial charge in [-0.05, 0) is 12.5 Å². The minimum absolute atomic E-state index is 0.0637. The second kappa shape index (κ2) is 7.52. The summed E-state index contributed by atoms with van der Waals surface area (Å²) in [5, 5.41) is 20.0. The zero-order chi connectivity index (χ0) is 15.9. The molecule has 0 saturated carbocycles. The normalized spacial score (nSPS) is 13.5. The summed E-state index contributed by atoms with van der Waals surface area (Å²) in [5.41, 5.74) is 2.68. The Morgan fingerprint density at radius 3 is 1.79 bits per heavy atom. The number of nitrogens with zero attached hydrogens (tertiary/aromatic N) is 1. The molecule has 0 aromatic rings. The predicted molar refractivity (Wildman–Crippen MR) is 67.7 cm³/mol. The summed E-state index contributed by atoms with van der Waals surface area (Å²) in [7, 11) is 4.62. The molecule has 0 aliphatic rings. The van der Waals surface area contributed by atoms with Gasteiger partial charge in [-0.15, -0.1) is 0 Å². The highest BCUT2D eigenvalue weighted by Crippen LogP contribution is 2.24. The molecule has 110 valence electrons. The van der Waals surface area contributed by atoms with E-state index in [1.165, 1.54) is 0 Å². The number of aliphatic carboxylic acids is 2. The van der Waals surface area contributed by atoms with Gasteiger partial charge in [-0.25, -0.2) is 4.79 Å². The van der Waals surface area contributed by atoms with Crippen molar-refractivity contribution in [2.24, 2.45) is 5.73 Å². The van der Waals surface area contributed by atoms with Crippen molar-refractivity contribution in [1.82, 2.24) is 0 Å². The molecule has 0 rings (SSSR count). The third kappa shape index (κ3) is 5.09. The Morgan fingerprint density at radius 1 is 1.37 bits per heavy atom. The van der Waals surface area contributed by atoms with Gasteiger partial charge in [-0.1, -0.05) is 13.5 Å².